The van der Waals surface area contributed by atoms with Crippen molar-refractivity contribution in [2.45, 2.75) is 19.9 Å². The molecule has 0 bridgehead atoms. The SMILES string of the molecule is CCOC(=O)c1ccc(NC(=O)C(C)N2C(=O)/C(=C/c3cccc(Br)c3)SC2=S)cc1. The van der Waals surface area contributed by atoms with Gasteiger partial charge in [0.2, 0.25) is 5.91 Å². The third-order valence-corrected chi connectivity index (χ3v) is 6.22. The van der Waals surface area contributed by atoms with Crippen LogP contribution in [0.4, 0.5) is 5.69 Å². The lowest BCUT2D eigenvalue weighted by Gasteiger charge is -2.22. The smallest absolute Gasteiger partial charge is 0.338 e. The molecule has 1 N–H and O–H groups in total. The first-order chi connectivity index (χ1) is 14.8. The topological polar surface area (TPSA) is 75.7 Å². The molecule has 3 rings (SSSR count). The van der Waals surface area contributed by atoms with Gasteiger partial charge in [-0.15, -0.1) is 0 Å². The van der Waals surface area contributed by atoms with E-state index in [9.17, 15) is 14.4 Å². The maximum atomic E-state index is 12.9. The number of thiocarbonyl (C=S) groups is 1. The summed E-state index contributed by atoms with van der Waals surface area (Å²) in [7, 11) is 0. The summed E-state index contributed by atoms with van der Waals surface area (Å²) in [5.74, 6) is -1.12. The molecule has 1 aliphatic rings. The van der Waals surface area contributed by atoms with Gasteiger partial charge in [-0.25, -0.2) is 4.79 Å². The van der Waals surface area contributed by atoms with E-state index in [1.165, 1.54) is 16.7 Å². The monoisotopic (exact) mass is 518 g/mol. The number of esters is 1. The van der Waals surface area contributed by atoms with E-state index in [0.717, 1.165) is 10.0 Å². The standard InChI is InChI=1S/C22H19BrN2O4S2/c1-3-29-21(28)15-7-9-17(10-8-15)24-19(26)13(2)25-20(27)18(31-22(25)30)12-14-5-4-6-16(23)11-14/h4-13H,3H2,1-2H3,(H,24,26)/b18-12-. The van der Waals surface area contributed by atoms with Crippen molar-refractivity contribution in [3.05, 3.63) is 69.0 Å². The summed E-state index contributed by atoms with van der Waals surface area (Å²) < 4.78 is 6.17. The summed E-state index contributed by atoms with van der Waals surface area (Å²) >= 11 is 9.93. The summed E-state index contributed by atoms with van der Waals surface area (Å²) in [5, 5.41) is 2.75. The van der Waals surface area contributed by atoms with Gasteiger partial charge in [0.15, 0.2) is 0 Å². The van der Waals surface area contributed by atoms with Gasteiger partial charge >= 0.3 is 5.97 Å². The number of nitrogens with zero attached hydrogens (tertiary/aromatic N) is 1. The molecule has 1 saturated heterocycles. The van der Waals surface area contributed by atoms with E-state index in [4.69, 9.17) is 17.0 Å². The molecule has 2 aromatic carbocycles. The fraction of sp³-hybridized carbons (Fsp3) is 0.182. The maximum absolute atomic E-state index is 12.9. The second kappa shape index (κ2) is 10.2. The Hall–Kier alpha value is -2.49. The number of nitrogens with one attached hydrogen (secondary N) is 1. The van der Waals surface area contributed by atoms with Crippen molar-refractivity contribution in [1.29, 1.82) is 0 Å². The Balaban J connectivity index is 1.69. The minimum absolute atomic E-state index is 0.286. The Labute approximate surface area is 198 Å². The molecule has 0 radical (unpaired) electrons. The lowest BCUT2D eigenvalue weighted by Crippen LogP contribution is -2.44. The van der Waals surface area contributed by atoms with Crippen molar-refractivity contribution in [2.75, 3.05) is 11.9 Å². The Morgan fingerprint density at radius 2 is 1.97 bits per heavy atom. The summed E-state index contributed by atoms with van der Waals surface area (Å²) in [5.41, 5.74) is 1.75. The number of anilines is 1. The fourth-order valence-electron chi connectivity index (χ4n) is 2.83. The molecule has 2 amide bonds. The van der Waals surface area contributed by atoms with Crippen LogP contribution in [0.3, 0.4) is 0 Å². The minimum Gasteiger partial charge on any atom is -0.462 e. The second-order valence-electron chi connectivity index (χ2n) is 6.57. The van der Waals surface area contributed by atoms with E-state index < -0.39 is 12.0 Å². The molecule has 1 atom stereocenters. The third kappa shape index (κ3) is 5.61. The first kappa shape index (κ1) is 23.2. The predicted octanol–water partition coefficient (Wildman–Crippen LogP) is 4.85. The number of thioether (sulfide) groups is 1. The number of hydrogen-bond donors (Lipinski definition) is 1. The van der Waals surface area contributed by atoms with Crippen LogP contribution in [0, 0.1) is 0 Å². The van der Waals surface area contributed by atoms with Crippen LogP contribution >= 0.6 is 39.9 Å². The van der Waals surface area contributed by atoms with Crippen LogP contribution in [-0.2, 0) is 14.3 Å². The first-order valence-electron chi connectivity index (χ1n) is 9.41. The van der Waals surface area contributed by atoms with Crippen molar-refractivity contribution in [1.82, 2.24) is 4.90 Å². The highest BCUT2D eigenvalue weighted by molar-refractivity contribution is 9.10. The normalized spacial score (nSPS) is 15.8. The average Bonchev–Trinajstić information content (AvgIpc) is 3.01. The van der Waals surface area contributed by atoms with E-state index in [1.54, 1.807) is 44.2 Å². The quantitative estimate of drug-likeness (QED) is 0.334. The molecule has 0 aromatic heterocycles. The lowest BCUT2D eigenvalue weighted by atomic mass is 10.2. The molecule has 1 aliphatic heterocycles. The highest BCUT2D eigenvalue weighted by atomic mass is 79.9. The van der Waals surface area contributed by atoms with Crippen LogP contribution in [0.15, 0.2) is 57.9 Å². The Kier molecular flexibility index (Phi) is 7.64. The van der Waals surface area contributed by atoms with Crippen LogP contribution in [0.25, 0.3) is 6.08 Å². The molecule has 1 fully saturated rings. The van der Waals surface area contributed by atoms with Gasteiger partial charge in [-0.2, -0.15) is 0 Å². The molecular formula is C22H19BrN2O4S2. The van der Waals surface area contributed by atoms with Crippen molar-refractivity contribution < 1.29 is 19.1 Å². The zero-order valence-corrected chi connectivity index (χ0v) is 20.0. The van der Waals surface area contributed by atoms with Crippen molar-refractivity contribution in [3.63, 3.8) is 0 Å². The molecule has 31 heavy (non-hydrogen) atoms. The van der Waals surface area contributed by atoms with Gasteiger partial charge in [0, 0.05) is 10.2 Å². The van der Waals surface area contributed by atoms with Crippen LogP contribution in [0.1, 0.15) is 29.8 Å². The first-order valence-corrected chi connectivity index (χ1v) is 11.4. The Bertz CT molecular complexity index is 1070. The fourth-order valence-corrected chi connectivity index (χ4v) is 4.66. The van der Waals surface area contributed by atoms with Gasteiger partial charge in [-0.05, 0) is 61.9 Å². The number of halogens is 1. The molecule has 0 saturated carbocycles. The number of amides is 2. The summed E-state index contributed by atoms with van der Waals surface area (Å²) in [6, 6.07) is 13.1. The summed E-state index contributed by atoms with van der Waals surface area (Å²) in [6.07, 6.45) is 1.75. The van der Waals surface area contributed by atoms with Crippen LogP contribution in [0.5, 0.6) is 0 Å². The zero-order chi connectivity index (χ0) is 22.5. The third-order valence-electron chi connectivity index (χ3n) is 4.40. The van der Waals surface area contributed by atoms with Gasteiger partial charge in [0.1, 0.15) is 10.4 Å². The summed E-state index contributed by atoms with van der Waals surface area (Å²) in [4.78, 5) is 39.1. The largest absolute Gasteiger partial charge is 0.462 e. The predicted molar refractivity (Wildman–Crippen MR) is 130 cm³/mol. The molecule has 1 unspecified atom stereocenters. The van der Waals surface area contributed by atoms with Crippen LogP contribution in [-0.4, -0.2) is 39.7 Å². The Morgan fingerprint density at radius 3 is 2.61 bits per heavy atom. The number of ether oxygens (including phenoxy) is 1. The summed E-state index contributed by atoms with van der Waals surface area (Å²) in [6.45, 7) is 3.64. The van der Waals surface area contributed by atoms with Gasteiger partial charge in [-0.3, -0.25) is 14.5 Å². The second-order valence-corrected chi connectivity index (χ2v) is 9.16. The van der Waals surface area contributed by atoms with Crippen molar-refractivity contribution in [3.8, 4) is 0 Å². The number of carbonyl (C=O) groups excluding carboxylic acids is 3. The molecule has 6 nitrogen and oxygen atoms in total. The average molecular weight is 519 g/mol. The molecule has 160 valence electrons. The molecule has 2 aromatic rings. The van der Waals surface area contributed by atoms with Gasteiger partial charge in [0.25, 0.3) is 5.91 Å². The van der Waals surface area contributed by atoms with Gasteiger partial charge in [0.05, 0.1) is 17.1 Å². The number of hydrogen-bond acceptors (Lipinski definition) is 6. The van der Waals surface area contributed by atoms with Crippen LogP contribution < -0.4 is 5.32 Å². The Morgan fingerprint density at radius 1 is 1.26 bits per heavy atom. The highest BCUT2D eigenvalue weighted by Gasteiger charge is 2.38. The molecule has 0 aliphatic carbocycles. The lowest BCUT2D eigenvalue weighted by molar-refractivity contribution is -0.129. The molecular weight excluding hydrogens is 500 g/mol. The van der Waals surface area contributed by atoms with E-state index in [1.807, 2.05) is 24.3 Å². The van der Waals surface area contributed by atoms with Gasteiger partial charge < -0.3 is 10.1 Å². The maximum Gasteiger partial charge on any atom is 0.338 e. The van der Waals surface area contributed by atoms with E-state index in [-0.39, 0.29) is 18.4 Å². The van der Waals surface area contributed by atoms with Gasteiger partial charge in [-0.1, -0.05) is 52.0 Å². The van der Waals surface area contributed by atoms with Crippen LogP contribution in [0.2, 0.25) is 0 Å². The molecule has 0 spiro atoms. The highest BCUT2D eigenvalue weighted by Crippen LogP contribution is 2.34. The van der Waals surface area contributed by atoms with Crippen molar-refractivity contribution in [2.24, 2.45) is 0 Å². The number of rotatable bonds is 6. The zero-order valence-electron chi connectivity index (χ0n) is 16.8. The number of benzene rings is 2. The number of carbonyl (C=O) groups is 3. The van der Waals surface area contributed by atoms with E-state index in [2.05, 4.69) is 21.2 Å². The van der Waals surface area contributed by atoms with E-state index in [0.29, 0.717) is 20.5 Å². The van der Waals surface area contributed by atoms with E-state index >= 15 is 0 Å². The molecule has 9 heteroatoms. The minimum atomic E-state index is -0.800. The van der Waals surface area contributed by atoms with Crippen molar-refractivity contribution >= 4 is 73.8 Å². The molecule has 1 heterocycles.